The summed E-state index contributed by atoms with van der Waals surface area (Å²) in [5.74, 6) is 0. The van der Waals surface area contributed by atoms with Crippen LogP contribution in [-0.4, -0.2) is 42.8 Å². The van der Waals surface area contributed by atoms with Gasteiger partial charge in [-0.05, 0) is 18.6 Å². The second kappa shape index (κ2) is 8.44. The Hall–Kier alpha value is -2.20. The van der Waals surface area contributed by atoms with Crippen LogP contribution >= 0.6 is 0 Å². The largest absolute Gasteiger partial charge is 0.512 e. The molecule has 0 amide bonds. The molecule has 2 rings (SSSR count). The normalized spacial score (nSPS) is 13.0. The van der Waals surface area contributed by atoms with E-state index in [-0.39, 0.29) is 0 Å². The quantitative estimate of drug-likeness (QED) is 0.709. The van der Waals surface area contributed by atoms with Crippen molar-refractivity contribution in [3.05, 3.63) is 42.2 Å². The van der Waals surface area contributed by atoms with E-state index in [1.54, 1.807) is 4.68 Å². The highest BCUT2D eigenvalue weighted by Crippen LogP contribution is 2.27. The third-order valence-electron chi connectivity index (χ3n) is 2.75. The van der Waals surface area contributed by atoms with Gasteiger partial charge in [-0.3, -0.25) is 0 Å². The molecule has 0 atom stereocenters. The maximum Gasteiger partial charge on any atom is 0.512 e. The Bertz CT molecular complexity index is 943. The van der Waals surface area contributed by atoms with Crippen LogP contribution in [0.25, 0.3) is 5.69 Å². The van der Waals surface area contributed by atoms with Crippen LogP contribution in [0.4, 0.5) is 26.3 Å². The summed E-state index contributed by atoms with van der Waals surface area (Å²) in [7, 11) is -13.2. The molecule has 16 heteroatoms. The van der Waals surface area contributed by atoms with E-state index in [0.29, 0.717) is 0 Å². The van der Waals surface area contributed by atoms with Gasteiger partial charge < -0.3 is 0 Å². The van der Waals surface area contributed by atoms with E-state index in [2.05, 4.69) is 17.2 Å². The van der Waals surface area contributed by atoms with E-state index >= 15 is 0 Å². The number of halogens is 6. The Morgan fingerprint density at radius 3 is 1.75 bits per heavy atom. The first-order valence-corrected chi connectivity index (χ1v) is 9.95. The fourth-order valence-electron chi connectivity index (χ4n) is 1.41. The summed E-state index contributed by atoms with van der Waals surface area (Å²) in [5.41, 5.74) is -10.2. The molecule has 0 unspecified atom stereocenters. The van der Waals surface area contributed by atoms with Gasteiger partial charge in [-0.2, -0.15) is 26.3 Å². The van der Waals surface area contributed by atoms with Crippen LogP contribution in [0.15, 0.2) is 36.5 Å². The lowest BCUT2D eigenvalue weighted by atomic mass is 10.3. The molecule has 0 fully saturated rings. The molecule has 1 N–H and O–H groups in total. The monoisotopic (exact) mass is 454 g/mol. The van der Waals surface area contributed by atoms with E-state index < -0.39 is 35.2 Å². The molecule has 0 spiro atoms. The number of aromatic nitrogens is 3. The van der Waals surface area contributed by atoms with E-state index in [0.717, 1.165) is 17.8 Å². The van der Waals surface area contributed by atoms with Gasteiger partial charge in [-0.25, -0.2) is 21.5 Å². The number of para-hydroxylation sites is 1. The van der Waals surface area contributed by atoms with E-state index in [1.165, 1.54) is 0 Å². The SMILES string of the molecule is CCc1cn(-c2ccccc2)nn1.O=S(=O)(NS(=O)(=O)C(F)(F)F)C(F)(F)F. The Morgan fingerprint density at radius 1 is 0.929 bits per heavy atom. The van der Waals surface area contributed by atoms with Gasteiger partial charge >= 0.3 is 31.1 Å². The van der Waals surface area contributed by atoms with Crippen molar-refractivity contribution in [2.24, 2.45) is 0 Å². The van der Waals surface area contributed by atoms with Crippen molar-refractivity contribution in [3.8, 4) is 5.69 Å². The minimum absolute atomic E-state index is 0.493. The van der Waals surface area contributed by atoms with Crippen LogP contribution in [0.2, 0.25) is 0 Å². The summed E-state index contributed by atoms with van der Waals surface area (Å²) >= 11 is 0. The number of benzene rings is 1. The molecule has 2 aromatic rings. The summed E-state index contributed by atoms with van der Waals surface area (Å²) in [6, 6.07) is 9.98. The van der Waals surface area contributed by atoms with Crippen LogP contribution in [0.5, 0.6) is 0 Å². The number of nitrogens with one attached hydrogen (secondary N) is 1. The maximum absolute atomic E-state index is 11.5. The van der Waals surface area contributed by atoms with E-state index in [9.17, 15) is 43.2 Å². The van der Waals surface area contributed by atoms with E-state index in [1.807, 2.05) is 36.5 Å². The molecule has 8 nitrogen and oxygen atoms in total. The smallest absolute Gasteiger partial charge is 0.220 e. The van der Waals surface area contributed by atoms with Crippen molar-refractivity contribution >= 4 is 20.0 Å². The Balaban J connectivity index is 0.000000281. The molecule has 0 aliphatic rings. The molecule has 158 valence electrons. The zero-order valence-electron chi connectivity index (χ0n) is 13.7. The first kappa shape index (κ1) is 23.8. The van der Waals surface area contributed by atoms with Crippen LogP contribution in [0.3, 0.4) is 0 Å². The van der Waals surface area contributed by atoms with Gasteiger partial charge in [-0.1, -0.05) is 34.5 Å². The third kappa shape index (κ3) is 6.16. The van der Waals surface area contributed by atoms with Crippen LogP contribution < -0.4 is 4.13 Å². The minimum atomic E-state index is -6.60. The van der Waals surface area contributed by atoms with Crippen molar-refractivity contribution in [2.75, 3.05) is 0 Å². The predicted molar refractivity (Wildman–Crippen MR) is 83.8 cm³/mol. The zero-order chi connectivity index (χ0) is 21.8. The number of nitrogens with zero attached hydrogens (tertiary/aromatic N) is 3. The van der Waals surface area contributed by atoms with Crippen molar-refractivity contribution in [1.82, 2.24) is 19.1 Å². The average molecular weight is 454 g/mol. The Morgan fingerprint density at radius 2 is 1.39 bits per heavy atom. The molecule has 0 radical (unpaired) electrons. The minimum Gasteiger partial charge on any atom is -0.220 e. The van der Waals surface area contributed by atoms with Crippen LogP contribution in [0, 0.1) is 0 Å². The number of hydrogen-bond acceptors (Lipinski definition) is 6. The molecule has 1 aromatic carbocycles. The number of alkyl halides is 6. The zero-order valence-corrected chi connectivity index (χ0v) is 15.4. The highest BCUT2D eigenvalue weighted by Gasteiger charge is 2.55. The van der Waals surface area contributed by atoms with Gasteiger partial charge in [0.25, 0.3) is 0 Å². The van der Waals surface area contributed by atoms with Crippen molar-refractivity contribution in [2.45, 2.75) is 24.4 Å². The fourth-order valence-corrected chi connectivity index (χ4v) is 3.32. The highest BCUT2D eigenvalue weighted by molar-refractivity contribution is 8.05. The number of rotatable bonds is 4. The Kier molecular flexibility index (Phi) is 7.18. The van der Waals surface area contributed by atoms with Crippen molar-refractivity contribution in [1.29, 1.82) is 0 Å². The summed E-state index contributed by atoms with van der Waals surface area (Å²) in [4.78, 5) is 0. The predicted octanol–water partition coefficient (Wildman–Crippen LogP) is 2.10. The summed E-state index contributed by atoms with van der Waals surface area (Å²) in [6.07, 6.45) is 2.88. The average Bonchev–Trinajstić information content (AvgIpc) is 3.02. The first-order chi connectivity index (χ1) is 12.6. The molecular formula is C12H12F6N4O4S2. The molecule has 0 saturated heterocycles. The van der Waals surface area contributed by atoms with Gasteiger partial charge in [-0.15, -0.1) is 5.10 Å². The van der Waals surface area contributed by atoms with Gasteiger partial charge in [0, 0.05) is 0 Å². The third-order valence-corrected chi connectivity index (χ3v) is 5.73. The Labute approximate surface area is 155 Å². The number of sulfonamides is 2. The van der Waals surface area contributed by atoms with Gasteiger partial charge in [0.2, 0.25) is 0 Å². The van der Waals surface area contributed by atoms with Crippen LogP contribution in [-0.2, 0) is 26.5 Å². The summed E-state index contributed by atoms with van der Waals surface area (Å²) < 4.78 is 110. The fraction of sp³-hybridized carbons (Fsp3) is 0.333. The molecule has 0 aliphatic heterocycles. The molecule has 28 heavy (non-hydrogen) atoms. The lowest BCUT2D eigenvalue weighted by molar-refractivity contribution is -0.0476. The summed E-state index contributed by atoms with van der Waals surface area (Å²) in [6.45, 7) is 2.07. The second-order valence-electron chi connectivity index (χ2n) is 4.83. The molecule has 0 saturated carbocycles. The highest BCUT2D eigenvalue weighted by atomic mass is 32.3. The van der Waals surface area contributed by atoms with E-state index in [4.69, 9.17) is 0 Å². The number of hydrogen-bond donors (Lipinski definition) is 1. The maximum atomic E-state index is 11.5. The standard InChI is InChI=1S/C10H11N3.C2HF6NO4S2/c1-2-9-8-13(12-11-9)10-6-4-3-5-7-10;3-1(4,5)14(10,11)9-15(12,13)2(6,7)8/h3-8H,2H2,1H3;9H. The van der Waals surface area contributed by atoms with Gasteiger partial charge in [0.1, 0.15) is 0 Å². The second-order valence-corrected chi connectivity index (χ2v) is 8.43. The lowest BCUT2D eigenvalue weighted by Gasteiger charge is -2.11. The topological polar surface area (TPSA) is 111 Å². The van der Waals surface area contributed by atoms with Crippen LogP contribution in [0.1, 0.15) is 12.6 Å². The molecule has 1 aromatic heterocycles. The van der Waals surface area contributed by atoms with Gasteiger partial charge in [0.15, 0.2) is 0 Å². The molecule has 1 heterocycles. The van der Waals surface area contributed by atoms with Crippen molar-refractivity contribution < 1.29 is 43.2 Å². The summed E-state index contributed by atoms with van der Waals surface area (Å²) in [5, 5.41) is 8.05. The molecule has 0 aliphatic carbocycles. The first-order valence-electron chi connectivity index (χ1n) is 6.98. The molecule has 0 bridgehead atoms. The molecular weight excluding hydrogens is 442 g/mol. The lowest BCUT2D eigenvalue weighted by Crippen LogP contribution is -2.45. The number of aryl methyl sites for hydroxylation is 1. The van der Waals surface area contributed by atoms with Gasteiger partial charge in [0.05, 0.1) is 17.6 Å². The van der Waals surface area contributed by atoms with Crippen molar-refractivity contribution in [3.63, 3.8) is 0 Å².